The summed E-state index contributed by atoms with van der Waals surface area (Å²) in [6.07, 6.45) is 4.96. The standard InChI is InChI=1S/C16H22BFO3.C10H10BrFO/c1-15(2)16(3,4)21-17(20-15)13-9-12(18)7-8-14(13)19-10-11-5-6-11;11-9-5-8(12)3-4-10(9)13-6-7-1-2-7/h7-9,11H,5-6,10H2,1-4H3;3-5,7H,1-2,6H2. The number of benzene rings is 2. The summed E-state index contributed by atoms with van der Waals surface area (Å²) in [7, 11) is -0.597. The second-order valence-corrected chi connectivity index (χ2v) is 11.2. The van der Waals surface area contributed by atoms with Gasteiger partial charge in [-0.1, -0.05) is 0 Å². The van der Waals surface area contributed by atoms with Gasteiger partial charge in [-0.05, 0) is 118 Å². The van der Waals surface area contributed by atoms with Crippen LogP contribution in [0.15, 0.2) is 40.9 Å². The monoisotopic (exact) mass is 536 g/mol. The van der Waals surface area contributed by atoms with Crippen LogP contribution in [0.3, 0.4) is 0 Å². The molecule has 3 aliphatic rings. The molecule has 1 heterocycles. The van der Waals surface area contributed by atoms with Crippen LogP contribution in [0.2, 0.25) is 0 Å². The molecule has 2 aromatic rings. The Morgan fingerprint density at radius 3 is 1.79 bits per heavy atom. The molecule has 0 unspecified atom stereocenters. The van der Waals surface area contributed by atoms with E-state index in [1.165, 1.54) is 49.9 Å². The zero-order valence-corrected chi connectivity index (χ0v) is 21.8. The van der Waals surface area contributed by atoms with Gasteiger partial charge in [0.15, 0.2) is 0 Å². The Morgan fingerprint density at radius 2 is 1.29 bits per heavy atom. The molecule has 5 rings (SSSR count). The van der Waals surface area contributed by atoms with E-state index in [4.69, 9.17) is 18.8 Å². The summed E-state index contributed by atoms with van der Waals surface area (Å²) in [5.74, 6) is 2.19. The van der Waals surface area contributed by atoms with Crippen molar-refractivity contribution in [3.05, 3.63) is 52.5 Å². The average Bonchev–Trinajstić information content (AvgIpc) is 3.66. The van der Waals surface area contributed by atoms with Gasteiger partial charge in [-0.3, -0.25) is 0 Å². The molecule has 3 fully saturated rings. The van der Waals surface area contributed by atoms with Gasteiger partial charge >= 0.3 is 7.12 Å². The van der Waals surface area contributed by atoms with Crippen molar-refractivity contribution in [2.75, 3.05) is 13.2 Å². The molecule has 1 aliphatic heterocycles. The first kappa shape index (κ1) is 25.5. The van der Waals surface area contributed by atoms with Crippen molar-refractivity contribution in [2.24, 2.45) is 11.8 Å². The van der Waals surface area contributed by atoms with E-state index in [9.17, 15) is 8.78 Å². The van der Waals surface area contributed by atoms with E-state index in [0.29, 0.717) is 28.2 Å². The Labute approximate surface area is 209 Å². The van der Waals surface area contributed by atoms with Crippen molar-refractivity contribution in [2.45, 2.75) is 64.6 Å². The summed E-state index contributed by atoms with van der Waals surface area (Å²) in [6.45, 7) is 9.37. The van der Waals surface area contributed by atoms with Gasteiger partial charge in [-0.2, -0.15) is 0 Å². The van der Waals surface area contributed by atoms with Gasteiger partial charge in [0.1, 0.15) is 23.1 Å². The maximum Gasteiger partial charge on any atom is 0.498 e. The van der Waals surface area contributed by atoms with Gasteiger partial charge in [0.25, 0.3) is 0 Å². The van der Waals surface area contributed by atoms with Gasteiger partial charge in [0, 0.05) is 5.46 Å². The molecule has 184 valence electrons. The Hall–Kier alpha value is -1.64. The van der Waals surface area contributed by atoms with Gasteiger partial charge in [-0.15, -0.1) is 0 Å². The van der Waals surface area contributed by atoms with Crippen molar-refractivity contribution in [1.82, 2.24) is 0 Å². The fraction of sp³-hybridized carbons (Fsp3) is 0.538. The van der Waals surface area contributed by atoms with Crippen LogP contribution in [0.25, 0.3) is 0 Å². The predicted molar refractivity (Wildman–Crippen MR) is 133 cm³/mol. The minimum absolute atomic E-state index is 0.245. The van der Waals surface area contributed by atoms with Crippen LogP contribution in [0.1, 0.15) is 53.4 Å². The van der Waals surface area contributed by atoms with Gasteiger partial charge in [0.2, 0.25) is 0 Å². The Balaban J connectivity index is 0.000000180. The molecule has 34 heavy (non-hydrogen) atoms. The lowest BCUT2D eigenvalue weighted by molar-refractivity contribution is 0.00578. The fourth-order valence-corrected chi connectivity index (χ4v) is 3.85. The van der Waals surface area contributed by atoms with Crippen LogP contribution < -0.4 is 14.9 Å². The molecule has 1 saturated heterocycles. The van der Waals surface area contributed by atoms with E-state index in [2.05, 4.69) is 15.9 Å². The number of halogens is 3. The number of rotatable bonds is 7. The van der Waals surface area contributed by atoms with E-state index in [1.807, 2.05) is 27.7 Å². The molecule has 2 aromatic carbocycles. The average molecular weight is 537 g/mol. The van der Waals surface area contributed by atoms with E-state index in [-0.39, 0.29) is 11.6 Å². The fourth-order valence-electron chi connectivity index (χ4n) is 3.38. The molecule has 0 N–H and O–H groups in total. The van der Waals surface area contributed by atoms with Crippen LogP contribution in [-0.2, 0) is 9.31 Å². The number of hydrogen-bond donors (Lipinski definition) is 0. The van der Waals surface area contributed by atoms with E-state index in [0.717, 1.165) is 18.3 Å². The van der Waals surface area contributed by atoms with Crippen molar-refractivity contribution >= 4 is 28.5 Å². The van der Waals surface area contributed by atoms with Crippen molar-refractivity contribution in [3.63, 3.8) is 0 Å². The van der Waals surface area contributed by atoms with Gasteiger partial charge in [-0.25, -0.2) is 8.78 Å². The first-order valence-corrected chi connectivity index (χ1v) is 12.7. The van der Waals surface area contributed by atoms with Crippen molar-refractivity contribution in [1.29, 1.82) is 0 Å². The lowest BCUT2D eigenvalue weighted by atomic mass is 9.78. The molecule has 0 radical (unpaired) electrons. The van der Waals surface area contributed by atoms with Crippen molar-refractivity contribution < 1.29 is 27.6 Å². The summed E-state index contributed by atoms with van der Waals surface area (Å²) < 4.78 is 50.3. The highest BCUT2D eigenvalue weighted by molar-refractivity contribution is 9.10. The Kier molecular flexibility index (Phi) is 7.60. The summed E-state index contributed by atoms with van der Waals surface area (Å²) in [6, 6.07) is 9.01. The van der Waals surface area contributed by atoms with Crippen LogP contribution >= 0.6 is 15.9 Å². The smallest absolute Gasteiger partial charge is 0.494 e. The second-order valence-electron chi connectivity index (χ2n) is 10.4. The lowest BCUT2D eigenvalue weighted by Gasteiger charge is -2.32. The topological polar surface area (TPSA) is 36.9 Å². The van der Waals surface area contributed by atoms with Crippen LogP contribution in [0.4, 0.5) is 8.78 Å². The lowest BCUT2D eigenvalue weighted by Crippen LogP contribution is -2.41. The molecule has 0 atom stereocenters. The Morgan fingerprint density at radius 1 is 0.824 bits per heavy atom. The third-order valence-electron chi connectivity index (χ3n) is 6.72. The molecule has 2 aliphatic carbocycles. The normalized spacial score (nSPS) is 20.5. The Bertz CT molecular complexity index is 992. The van der Waals surface area contributed by atoms with E-state index < -0.39 is 18.3 Å². The third-order valence-corrected chi connectivity index (χ3v) is 7.34. The molecule has 2 saturated carbocycles. The zero-order valence-electron chi connectivity index (χ0n) is 20.2. The largest absolute Gasteiger partial charge is 0.498 e. The minimum atomic E-state index is -0.597. The molecule has 0 bridgehead atoms. The van der Waals surface area contributed by atoms with E-state index >= 15 is 0 Å². The second kappa shape index (κ2) is 10.2. The summed E-state index contributed by atoms with van der Waals surface area (Å²) >= 11 is 3.25. The molecule has 0 amide bonds. The molecule has 8 heteroatoms. The van der Waals surface area contributed by atoms with E-state index in [1.54, 1.807) is 12.1 Å². The highest BCUT2D eigenvalue weighted by Gasteiger charge is 2.52. The number of hydrogen-bond acceptors (Lipinski definition) is 4. The summed E-state index contributed by atoms with van der Waals surface area (Å²) in [4.78, 5) is 0. The van der Waals surface area contributed by atoms with Crippen molar-refractivity contribution in [3.8, 4) is 11.5 Å². The number of ether oxygens (including phenoxy) is 2. The highest BCUT2D eigenvalue weighted by Crippen LogP contribution is 2.37. The predicted octanol–water partition coefficient (Wildman–Crippen LogP) is 6.29. The first-order chi connectivity index (χ1) is 16.0. The van der Waals surface area contributed by atoms with Gasteiger partial charge < -0.3 is 18.8 Å². The molecule has 4 nitrogen and oxygen atoms in total. The quantitative estimate of drug-likeness (QED) is 0.390. The SMILES string of the molecule is CC1(C)OB(c2cc(F)ccc2OCC2CC2)OC1(C)C.Fc1ccc(OCC2CC2)c(Br)c1. The maximum absolute atomic E-state index is 13.6. The van der Waals surface area contributed by atoms with Crippen LogP contribution in [-0.4, -0.2) is 31.5 Å². The summed E-state index contributed by atoms with van der Waals surface area (Å²) in [5.41, 5.74) is -0.260. The first-order valence-electron chi connectivity index (χ1n) is 11.9. The molecule has 0 spiro atoms. The minimum Gasteiger partial charge on any atom is -0.494 e. The summed E-state index contributed by atoms with van der Waals surface area (Å²) in [5, 5.41) is 0. The molecular formula is C26H32BBrF2O4. The van der Waals surface area contributed by atoms with Gasteiger partial charge in [0.05, 0.1) is 28.9 Å². The molecule has 0 aromatic heterocycles. The zero-order chi connectivity index (χ0) is 24.5. The third kappa shape index (κ3) is 6.52. The maximum atomic E-state index is 13.6. The highest BCUT2D eigenvalue weighted by atomic mass is 79.9. The van der Waals surface area contributed by atoms with Crippen LogP contribution in [0.5, 0.6) is 11.5 Å². The molecular weight excluding hydrogens is 505 g/mol. The van der Waals surface area contributed by atoms with Crippen LogP contribution in [0, 0.1) is 23.5 Å².